The van der Waals surface area contributed by atoms with Gasteiger partial charge < -0.3 is 14.6 Å². The molecule has 0 aliphatic carbocycles. The Morgan fingerprint density at radius 1 is 1.00 bits per heavy atom. The van der Waals surface area contributed by atoms with Gasteiger partial charge in [0.1, 0.15) is 0 Å². The lowest BCUT2D eigenvalue weighted by Crippen LogP contribution is -2.30. The fourth-order valence-corrected chi connectivity index (χ4v) is 5.36. The minimum atomic E-state index is -0.839. The number of aromatic nitrogens is 1. The highest BCUT2D eigenvalue weighted by Crippen LogP contribution is 2.32. The molecule has 2 heterocycles. The second-order valence-corrected chi connectivity index (χ2v) is 10.0. The van der Waals surface area contributed by atoms with E-state index in [2.05, 4.69) is 10.6 Å². The van der Waals surface area contributed by atoms with Crippen molar-refractivity contribution in [2.75, 3.05) is 13.1 Å². The monoisotopic (exact) mass is 500 g/mol. The molecular weight excluding hydrogens is 471 g/mol. The number of aliphatic carboxylic acids is 1. The Hall–Kier alpha value is -2.50. The van der Waals surface area contributed by atoms with E-state index >= 15 is 0 Å². The molecule has 180 valence electrons. The average molecular weight is 501 g/mol. The maximum Gasteiger partial charge on any atom is 0.308 e. The number of nitrogens with zero attached hydrogens (tertiary/aromatic N) is 2. The van der Waals surface area contributed by atoms with Gasteiger partial charge in [-0.2, -0.15) is 0 Å². The Morgan fingerprint density at radius 3 is 2.44 bits per heavy atom. The first kappa shape index (κ1) is 24.6. The standard InChI is InChI=1S/C27H30Cl2N2O3/c1-30-23-12-11-21(29)16-22(23)25(26(32)31-14-13-19(17-31)27(33)34)24(30)10-5-3-2-4-7-18-8-6-9-20(28)15-18/h6,8-9,11-12,15-16,19H,2-5,7,10,13-14,17H2,1H3,(H,33,34)/t19-/m0/s1. The number of carboxylic acid groups (broad SMARTS) is 1. The molecule has 1 aromatic heterocycles. The van der Waals surface area contributed by atoms with Gasteiger partial charge in [0.05, 0.1) is 11.5 Å². The van der Waals surface area contributed by atoms with E-state index < -0.39 is 11.9 Å². The van der Waals surface area contributed by atoms with Gasteiger partial charge in [0.25, 0.3) is 5.91 Å². The van der Waals surface area contributed by atoms with Gasteiger partial charge in [-0.25, -0.2) is 0 Å². The van der Waals surface area contributed by atoms with E-state index in [-0.39, 0.29) is 12.5 Å². The molecule has 7 heteroatoms. The summed E-state index contributed by atoms with van der Waals surface area (Å²) in [6, 6.07) is 13.7. The number of carbonyl (C=O) groups is 2. The zero-order valence-corrected chi connectivity index (χ0v) is 20.9. The Labute approximate surface area is 210 Å². The minimum Gasteiger partial charge on any atom is -0.481 e. The predicted octanol–water partition coefficient (Wildman–Crippen LogP) is 6.38. The van der Waals surface area contributed by atoms with E-state index in [1.165, 1.54) is 5.56 Å². The van der Waals surface area contributed by atoms with E-state index in [4.69, 9.17) is 23.2 Å². The lowest BCUT2D eigenvalue weighted by molar-refractivity contribution is -0.141. The Bertz CT molecular complexity index is 1200. The number of hydrogen-bond donors (Lipinski definition) is 1. The van der Waals surface area contributed by atoms with E-state index in [1.54, 1.807) is 4.90 Å². The molecule has 0 bridgehead atoms. The molecule has 1 aliphatic rings. The fourth-order valence-electron chi connectivity index (χ4n) is 4.97. The molecule has 1 N–H and O–H groups in total. The maximum absolute atomic E-state index is 13.6. The highest BCUT2D eigenvalue weighted by atomic mass is 35.5. The largest absolute Gasteiger partial charge is 0.481 e. The third kappa shape index (κ3) is 5.42. The molecule has 3 aromatic rings. The van der Waals surface area contributed by atoms with Crippen LogP contribution >= 0.6 is 23.2 Å². The Balaban J connectivity index is 1.45. The van der Waals surface area contributed by atoms with E-state index in [0.717, 1.165) is 60.1 Å². The first-order valence-electron chi connectivity index (χ1n) is 11.9. The number of unbranched alkanes of at least 4 members (excludes halogenated alkanes) is 3. The van der Waals surface area contributed by atoms with Crippen molar-refractivity contribution in [1.29, 1.82) is 0 Å². The number of rotatable bonds is 9. The topological polar surface area (TPSA) is 62.5 Å². The molecule has 1 saturated heterocycles. The smallest absolute Gasteiger partial charge is 0.308 e. The third-order valence-electron chi connectivity index (χ3n) is 6.84. The summed E-state index contributed by atoms with van der Waals surface area (Å²) >= 11 is 12.4. The number of carbonyl (C=O) groups excluding carboxylic acids is 1. The second-order valence-electron chi connectivity index (χ2n) is 9.16. The summed E-state index contributed by atoms with van der Waals surface area (Å²) < 4.78 is 2.09. The van der Waals surface area contributed by atoms with Crippen LogP contribution in [0.3, 0.4) is 0 Å². The molecule has 1 amide bonds. The number of hydrogen-bond acceptors (Lipinski definition) is 2. The predicted molar refractivity (Wildman–Crippen MR) is 137 cm³/mol. The normalized spacial score (nSPS) is 15.9. The Morgan fingerprint density at radius 2 is 1.74 bits per heavy atom. The number of fused-ring (bicyclic) bond motifs is 1. The number of halogens is 2. The molecule has 2 aromatic carbocycles. The van der Waals surface area contributed by atoms with E-state index in [0.29, 0.717) is 23.6 Å². The summed E-state index contributed by atoms with van der Waals surface area (Å²) in [6.45, 7) is 0.726. The van der Waals surface area contributed by atoms with Crippen LogP contribution in [0, 0.1) is 5.92 Å². The molecular formula is C27H30Cl2N2O3. The van der Waals surface area contributed by atoms with Crippen molar-refractivity contribution in [3.8, 4) is 0 Å². The summed E-state index contributed by atoms with van der Waals surface area (Å²) in [6.07, 6.45) is 6.55. The van der Waals surface area contributed by atoms with Gasteiger partial charge >= 0.3 is 5.97 Å². The lowest BCUT2D eigenvalue weighted by atomic mass is 10.0. The van der Waals surface area contributed by atoms with Crippen molar-refractivity contribution in [2.45, 2.75) is 44.9 Å². The second kappa shape index (κ2) is 10.8. The molecule has 5 nitrogen and oxygen atoms in total. The van der Waals surface area contributed by atoms with Gasteiger partial charge in [-0.15, -0.1) is 0 Å². The van der Waals surface area contributed by atoms with Crippen LogP contribution in [0.5, 0.6) is 0 Å². The van der Waals surface area contributed by atoms with E-state index in [9.17, 15) is 14.7 Å². The van der Waals surface area contributed by atoms with Crippen molar-refractivity contribution in [3.63, 3.8) is 0 Å². The zero-order chi connectivity index (χ0) is 24.2. The highest BCUT2D eigenvalue weighted by Gasteiger charge is 2.33. The molecule has 34 heavy (non-hydrogen) atoms. The summed E-state index contributed by atoms with van der Waals surface area (Å²) in [5.41, 5.74) is 3.90. The lowest BCUT2D eigenvalue weighted by Gasteiger charge is -2.17. The quantitative estimate of drug-likeness (QED) is 0.346. The van der Waals surface area contributed by atoms with Gasteiger partial charge in [0.2, 0.25) is 0 Å². The summed E-state index contributed by atoms with van der Waals surface area (Å²) in [4.78, 5) is 26.6. The van der Waals surface area contributed by atoms with Crippen LogP contribution in [-0.4, -0.2) is 39.5 Å². The van der Waals surface area contributed by atoms with Crippen LogP contribution in [-0.2, 0) is 24.7 Å². The molecule has 1 atom stereocenters. The first-order chi connectivity index (χ1) is 16.3. The van der Waals surface area contributed by atoms with Gasteiger partial charge in [-0.1, -0.05) is 48.2 Å². The number of benzene rings is 2. The molecule has 0 unspecified atom stereocenters. The zero-order valence-electron chi connectivity index (χ0n) is 19.4. The molecule has 1 fully saturated rings. The van der Waals surface area contributed by atoms with Gasteiger partial charge in [-0.05, 0) is 68.0 Å². The summed E-state index contributed by atoms with van der Waals surface area (Å²) in [5.74, 6) is -1.42. The average Bonchev–Trinajstić information content (AvgIpc) is 3.40. The number of likely N-dealkylation sites (tertiary alicyclic amines) is 1. The van der Waals surface area contributed by atoms with Crippen LogP contribution in [0.4, 0.5) is 0 Å². The van der Waals surface area contributed by atoms with Crippen LogP contribution < -0.4 is 0 Å². The number of carboxylic acids is 1. The van der Waals surface area contributed by atoms with Gasteiger partial charge in [-0.3, -0.25) is 9.59 Å². The van der Waals surface area contributed by atoms with Crippen molar-refractivity contribution >= 4 is 46.0 Å². The molecule has 1 aliphatic heterocycles. The van der Waals surface area contributed by atoms with Crippen molar-refractivity contribution < 1.29 is 14.7 Å². The molecule has 0 spiro atoms. The van der Waals surface area contributed by atoms with Crippen molar-refractivity contribution in [3.05, 3.63) is 69.3 Å². The highest BCUT2D eigenvalue weighted by molar-refractivity contribution is 6.31. The van der Waals surface area contributed by atoms with Crippen LogP contribution in [0.1, 0.15) is 53.7 Å². The van der Waals surface area contributed by atoms with Crippen LogP contribution in [0.15, 0.2) is 42.5 Å². The van der Waals surface area contributed by atoms with E-state index in [1.807, 2.05) is 43.4 Å². The SMILES string of the molecule is Cn1c(CCCCCCc2cccc(Cl)c2)c(C(=O)N2CC[C@H](C(=O)O)C2)c2cc(Cl)ccc21. The van der Waals surface area contributed by atoms with Crippen molar-refractivity contribution in [1.82, 2.24) is 9.47 Å². The summed E-state index contributed by atoms with van der Waals surface area (Å²) in [5, 5.41) is 11.6. The minimum absolute atomic E-state index is 0.0902. The summed E-state index contributed by atoms with van der Waals surface area (Å²) in [7, 11) is 1.99. The fraction of sp³-hybridized carbons (Fsp3) is 0.407. The first-order valence-corrected chi connectivity index (χ1v) is 12.6. The van der Waals surface area contributed by atoms with Crippen LogP contribution in [0.25, 0.3) is 10.9 Å². The molecule has 0 radical (unpaired) electrons. The third-order valence-corrected chi connectivity index (χ3v) is 7.31. The van der Waals surface area contributed by atoms with Gasteiger partial charge in [0, 0.05) is 46.8 Å². The molecule has 4 rings (SSSR count). The number of aryl methyl sites for hydroxylation is 2. The van der Waals surface area contributed by atoms with Gasteiger partial charge in [0.15, 0.2) is 0 Å². The number of amides is 1. The Kier molecular flexibility index (Phi) is 7.84. The van der Waals surface area contributed by atoms with Crippen molar-refractivity contribution in [2.24, 2.45) is 13.0 Å². The molecule has 0 saturated carbocycles. The maximum atomic E-state index is 13.6. The van der Waals surface area contributed by atoms with Crippen LogP contribution in [0.2, 0.25) is 10.0 Å².